The molecule has 1 aliphatic rings. The Labute approximate surface area is 105 Å². The summed E-state index contributed by atoms with van der Waals surface area (Å²) in [5, 5.41) is 11.6. The zero-order chi connectivity index (χ0) is 13.0. The van der Waals surface area contributed by atoms with E-state index in [-0.39, 0.29) is 5.84 Å². The van der Waals surface area contributed by atoms with Crippen LogP contribution >= 0.6 is 0 Å². The van der Waals surface area contributed by atoms with E-state index in [1.807, 2.05) is 6.92 Å². The van der Waals surface area contributed by atoms with Gasteiger partial charge in [-0.2, -0.15) is 0 Å². The SMILES string of the molecule is Cc1cc(/C(N)=N/O)cc(OCC2CCOC2)n1. The highest BCUT2D eigenvalue weighted by Gasteiger charge is 2.16. The van der Waals surface area contributed by atoms with Gasteiger partial charge in [0.15, 0.2) is 5.84 Å². The fraction of sp³-hybridized carbons (Fsp3) is 0.500. The largest absolute Gasteiger partial charge is 0.477 e. The van der Waals surface area contributed by atoms with E-state index in [4.69, 9.17) is 20.4 Å². The number of aromatic nitrogens is 1. The Morgan fingerprint density at radius 1 is 1.67 bits per heavy atom. The second-order valence-corrected chi connectivity index (χ2v) is 4.36. The van der Waals surface area contributed by atoms with Gasteiger partial charge in [-0.15, -0.1) is 0 Å². The van der Waals surface area contributed by atoms with E-state index in [0.717, 1.165) is 25.3 Å². The van der Waals surface area contributed by atoms with Crippen LogP contribution in [0.25, 0.3) is 0 Å². The van der Waals surface area contributed by atoms with Gasteiger partial charge in [-0.25, -0.2) is 4.98 Å². The zero-order valence-corrected chi connectivity index (χ0v) is 10.3. The van der Waals surface area contributed by atoms with Crippen LogP contribution in [0.3, 0.4) is 0 Å². The maximum Gasteiger partial charge on any atom is 0.214 e. The van der Waals surface area contributed by atoms with Crippen molar-refractivity contribution >= 4 is 5.84 Å². The zero-order valence-electron chi connectivity index (χ0n) is 10.3. The summed E-state index contributed by atoms with van der Waals surface area (Å²) in [6.07, 6.45) is 1.01. The van der Waals surface area contributed by atoms with E-state index in [1.165, 1.54) is 0 Å². The van der Waals surface area contributed by atoms with Crippen molar-refractivity contribution in [3.05, 3.63) is 23.4 Å². The molecule has 6 nitrogen and oxygen atoms in total. The molecule has 1 aromatic heterocycles. The third kappa shape index (κ3) is 3.10. The standard InChI is InChI=1S/C12H17N3O3/c1-8-4-10(12(13)15-16)5-11(14-8)18-7-9-2-3-17-6-9/h4-5,9,16H,2-3,6-7H2,1H3,(H2,13,15). The molecule has 0 saturated carbocycles. The first kappa shape index (κ1) is 12.6. The van der Waals surface area contributed by atoms with E-state index in [1.54, 1.807) is 12.1 Å². The number of oxime groups is 1. The van der Waals surface area contributed by atoms with Crippen molar-refractivity contribution in [3.8, 4) is 5.88 Å². The minimum absolute atomic E-state index is 0.0505. The Hall–Kier alpha value is -1.82. The molecule has 18 heavy (non-hydrogen) atoms. The van der Waals surface area contributed by atoms with Crippen LogP contribution in [0, 0.1) is 12.8 Å². The van der Waals surface area contributed by atoms with E-state index in [0.29, 0.717) is 24.0 Å². The van der Waals surface area contributed by atoms with Crippen LogP contribution in [0.5, 0.6) is 5.88 Å². The average Bonchev–Trinajstić information content (AvgIpc) is 2.88. The second-order valence-electron chi connectivity index (χ2n) is 4.36. The van der Waals surface area contributed by atoms with E-state index in [9.17, 15) is 0 Å². The smallest absolute Gasteiger partial charge is 0.214 e. The summed E-state index contributed by atoms with van der Waals surface area (Å²) in [6, 6.07) is 3.40. The lowest BCUT2D eigenvalue weighted by atomic mass is 10.1. The lowest BCUT2D eigenvalue weighted by Crippen LogP contribution is -2.16. The first-order valence-electron chi connectivity index (χ1n) is 5.86. The monoisotopic (exact) mass is 251 g/mol. The molecule has 1 unspecified atom stereocenters. The molecule has 2 heterocycles. The Morgan fingerprint density at radius 2 is 2.50 bits per heavy atom. The number of hydrogen-bond acceptors (Lipinski definition) is 5. The van der Waals surface area contributed by atoms with E-state index < -0.39 is 0 Å². The molecule has 0 amide bonds. The Balaban J connectivity index is 2.05. The maximum atomic E-state index is 8.66. The van der Waals surface area contributed by atoms with Gasteiger partial charge in [0, 0.05) is 29.8 Å². The molecule has 1 aromatic rings. The number of rotatable bonds is 4. The summed E-state index contributed by atoms with van der Waals surface area (Å²) in [4.78, 5) is 4.26. The molecule has 2 rings (SSSR count). The molecular weight excluding hydrogens is 234 g/mol. The van der Waals surface area contributed by atoms with Crippen molar-refractivity contribution in [3.63, 3.8) is 0 Å². The number of aryl methyl sites for hydroxylation is 1. The highest BCUT2D eigenvalue weighted by molar-refractivity contribution is 5.97. The number of ether oxygens (including phenoxy) is 2. The predicted octanol–water partition coefficient (Wildman–Crippen LogP) is 0.900. The van der Waals surface area contributed by atoms with Gasteiger partial charge in [-0.1, -0.05) is 5.16 Å². The van der Waals surface area contributed by atoms with Crippen LogP contribution in [-0.2, 0) is 4.74 Å². The summed E-state index contributed by atoms with van der Waals surface area (Å²) in [6.45, 7) is 3.94. The summed E-state index contributed by atoms with van der Waals surface area (Å²) >= 11 is 0. The molecular formula is C12H17N3O3. The van der Waals surface area contributed by atoms with E-state index in [2.05, 4.69) is 10.1 Å². The van der Waals surface area contributed by atoms with Crippen molar-refractivity contribution in [2.24, 2.45) is 16.8 Å². The molecule has 3 N–H and O–H groups in total. The van der Waals surface area contributed by atoms with Gasteiger partial charge in [0.2, 0.25) is 5.88 Å². The molecule has 0 spiro atoms. The normalized spacial score (nSPS) is 20.1. The molecule has 98 valence electrons. The minimum Gasteiger partial charge on any atom is -0.477 e. The van der Waals surface area contributed by atoms with Crippen LogP contribution in [0.1, 0.15) is 17.7 Å². The third-order valence-corrected chi connectivity index (χ3v) is 2.82. The van der Waals surface area contributed by atoms with Gasteiger partial charge in [0.25, 0.3) is 0 Å². The summed E-state index contributed by atoms with van der Waals surface area (Å²) in [5.41, 5.74) is 6.91. The van der Waals surface area contributed by atoms with Crippen molar-refractivity contribution in [1.82, 2.24) is 4.98 Å². The van der Waals surface area contributed by atoms with Crippen LogP contribution < -0.4 is 10.5 Å². The number of hydrogen-bond donors (Lipinski definition) is 2. The van der Waals surface area contributed by atoms with Gasteiger partial charge in [-0.05, 0) is 19.4 Å². The number of amidine groups is 1. The lowest BCUT2D eigenvalue weighted by molar-refractivity contribution is 0.165. The van der Waals surface area contributed by atoms with Gasteiger partial charge in [0.05, 0.1) is 13.2 Å². The van der Waals surface area contributed by atoms with Gasteiger partial charge in [-0.3, -0.25) is 0 Å². The second kappa shape index (κ2) is 5.68. The average molecular weight is 251 g/mol. The molecule has 1 fully saturated rings. The lowest BCUT2D eigenvalue weighted by Gasteiger charge is -2.11. The molecule has 0 aliphatic carbocycles. The summed E-state index contributed by atoms with van der Waals surface area (Å²) in [7, 11) is 0. The van der Waals surface area contributed by atoms with Crippen molar-refractivity contribution in [1.29, 1.82) is 0 Å². The third-order valence-electron chi connectivity index (χ3n) is 2.82. The predicted molar refractivity (Wildman–Crippen MR) is 65.9 cm³/mol. The number of nitrogens with two attached hydrogens (primary N) is 1. The van der Waals surface area contributed by atoms with Crippen molar-refractivity contribution < 1.29 is 14.7 Å². The summed E-state index contributed by atoms with van der Waals surface area (Å²) < 4.78 is 10.9. The van der Waals surface area contributed by atoms with Crippen LogP contribution in [0.15, 0.2) is 17.3 Å². The fourth-order valence-electron chi connectivity index (χ4n) is 1.84. The highest BCUT2D eigenvalue weighted by Crippen LogP contribution is 2.16. The highest BCUT2D eigenvalue weighted by atomic mass is 16.5. The molecule has 6 heteroatoms. The molecule has 0 radical (unpaired) electrons. The Kier molecular flexibility index (Phi) is 3.99. The molecule has 0 bridgehead atoms. The molecule has 1 aliphatic heterocycles. The van der Waals surface area contributed by atoms with Crippen LogP contribution in [0.4, 0.5) is 0 Å². The maximum absolute atomic E-state index is 8.66. The molecule has 1 saturated heterocycles. The van der Waals surface area contributed by atoms with Crippen LogP contribution in [0.2, 0.25) is 0 Å². The van der Waals surface area contributed by atoms with Gasteiger partial charge < -0.3 is 20.4 Å². The first-order valence-corrected chi connectivity index (χ1v) is 5.86. The van der Waals surface area contributed by atoms with Gasteiger partial charge >= 0.3 is 0 Å². The Bertz CT molecular complexity index is 442. The van der Waals surface area contributed by atoms with E-state index >= 15 is 0 Å². The fourth-order valence-corrected chi connectivity index (χ4v) is 1.84. The number of nitrogens with zero attached hydrogens (tertiary/aromatic N) is 2. The van der Waals surface area contributed by atoms with Gasteiger partial charge in [0.1, 0.15) is 0 Å². The molecule has 0 aromatic carbocycles. The van der Waals surface area contributed by atoms with Crippen molar-refractivity contribution in [2.45, 2.75) is 13.3 Å². The molecule has 1 atom stereocenters. The quantitative estimate of drug-likeness (QED) is 0.359. The topological polar surface area (TPSA) is 90.0 Å². The Morgan fingerprint density at radius 3 is 3.17 bits per heavy atom. The summed E-state index contributed by atoms with van der Waals surface area (Å²) in [5.74, 6) is 0.956. The number of pyridine rings is 1. The van der Waals surface area contributed by atoms with Crippen molar-refractivity contribution in [2.75, 3.05) is 19.8 Å². The van der Waals surface area contributed by atoms with Crippen LogP contribution in [-0.4, -0.2) is 35.8 Å². The first-order chi connectivity index (χ1) is 8.69. The minimum atomic E-state index is 0.0505.